The molecule has 3 rings (SSSR count). The van der Waals surface area contributed by atoms with Gasteiger partial charge < -0.3 is 14.2 Å². The van der Waals surface area contributed by atoms with Gasteiger partial charge in [0.2, 0.25) is 11.0 Å². The summed E-state index contributed by atoms with van der Waals surface area (Å²) in [6.45, 7) is 17.1. The smallest absolute Gasteiger partial charge is 0.339 e. The molecule has 3 aromatic rings. The highest BCUT2D eigenvalue weighted by Gasteiger charge is 2.21. The quantitative estimate of drug-likeness (QED) is 0.0452. The van der Waals surface area contributed by atoms with E-state index in [9.17, 15) is 18.0 Å². The number of nitrogens with one attached hydrogen (secondary N) is 1. The minimum Gasteiger partial charge on any atom is -0.384 e. The van der Waals surface area contributed by atoms with Gasteiger partial charge in [-0.15, -0.1) is 0 Å². The Morgan fingerprint density at radius 1 is 1.00 bits per heavy atom. The molecule has 0 unspecified atom stereocenters. The van der Waals surface area contributed by atoms with Crippen LogP contribution in [-0.2, 0) is 24.4 Å². The summed E-state index contributed by atoms with van der Waals surface area (Å²) in [4.78, 5) is 30.9. The van der Waals surface area contributed by atoms with Gasteiger partial charge in [-0.25, -0.2) is 9.78 Å². The average molecular weight is 688 g/mol. The van der Waals surface area contributed by atoms with Crippen LogP contribution in [0.4, 0.5) is 10.8 Å². The molecule has 47 heavy (non-hydrogen) atoms. The van der Waals surface area contributed by atoms with Gasteiger partial charge in [-0.05, 0) is 97.7 Å². The standard InChI is InChI=1S/C34H49N5O6S2/c1-25(2)38(26(3)4)21-20-35-27-14-17-29(18-15-27)47(42,43)45-28-16-19-30-31(23-28)46-33(37-30)39(36-24-40)32(41)13-11-9-8-10-12-22-44-34(5,6)7/h14-19,23,25-26,35H,8-13,20-22H2,1-7H3. The Hall–Kier alpha value is -3.35. The molecule has 1 heterocycles. The zero-order chi connectivity index (χ0) is 34.6. The zero-order valence-corrected chi connectivity index (χ0v) is 30.2. The number of hydrazone groups is 1. The fraction of sp³-hybridized carbons (Fsp3) is 0.559. The number of thiazole rings is 1. The number of hydrogen-bond acceptors (Lipinski definition) is 11. The second-order valence-electron chi connectivity index (χ2n) is 12.9. The molecule has 0 saturated carbocycles. The van der Waals surface area contributed by atoms with Crippen LogP contribution in [0.5, 0.6) is 5.75 Å². The summed E-state index contributed by atoms with van der Waals surface area (Å²) in [5.74, 6) is -0.264. The lowest BCUT2D eigenvalue weighted by molar-refractivity contribution is -0.118. The molecule has 0 atom stereocenters. The van der Waals surface area contributed by atoms with Crippen molar-refractivity contribution in [2.75, 3.05) is 30.0 Å². The largest absolute Gasteiger partial charge is 0.384 e. The van der Waals surface area contributed by atoms with Crippen LogP contribution in [0.25, 0.3) is 10.2 Å². The van der Waals surface area contributed by atoms with Crippen LogP contribution in [0, 0.1) is 0 Å². The number of hydrogen-bond donors (Lipinski definition) is 1. The number of rotatable bonds is 19. The number of carbonyl (C=O) groups excluding carboxylic acids is 2. The molecular weight excluding hydrogens is 639 g/mol. The number of carbonyl (C=O) groups is 1. The molecule has 1 amide bonds. The predicted molar refractivity (Wildman–Crippen MR) is 188 cm³/mol. The SMILES string of the molecule is CC(C)N(CCNc1ccc(S(=O)(=O)Oc2ccc3nc(N(N=C=O)C(=O)CCCCCCCOC(C)(C)C)sc3c2)cc1)C(C)C. The van der Waals surface area contributed by atoms with E-state index >= 15 is 0 Å². The number of unbranched alkanes of at least 4 members (excludes halogenated alkanes) is 4. The Morgan fingerprint density at radius 3 is 2.30 bits per heavy atom. The van der Waals surface area contributed by atoms with Crippen molar-refractivity contribution in [2.45, 2.75) is 110 Å². The second-order valence-corrected chi connectivity index (χ2v) is 15.5. The molecule has 0 saturated heterocycles. The Balaban J connectivity index is 1.57. The van der Waals surface area contributed by atoms with E-state index in [1.807, 2.05) is 20.8 Å². The van der Waals surface area contributed by atoms with E-state index in [1.54, 1.807) is 18.2 Å². The van der Waals surface area contributed by atoms with E-state index in [1.165, 1.54) is 30.3 Å². The Bertz CT molecular complexity index is 1590. The lowest BCUT2D eigenvalue weighted by Crippen LogP contribution is -2.40. The minimum absolute atomic E-state index is 0.0226. The first-order valence-electron chi connectivity index (χ1n) is 16.2. The third-order valence-corrected chi connectivity index (χ3v) is 9.61. The van der Waals surface area contributed by atoms with Crippen LogP contribution in [0.3, 0.4) is 0 Å². The number of nitrogens with zero attached hydrogens (tertiary/aromatic N) is 4. The molecule has 13 heteroatoms. The molecule has 2 aromatic carbocycles. The van der Waals surface area contributed by atoms with Crippen molar-refractivity contribution < 1.29 is 26.9 Å². The van der Waals surface area contributed by atoms with Gasteiger partial charge in [0.25, 0.3) is 6.08 Å². The maximum atomic E-state index is 13.0. The minimum atomic E-state index is -4.11. The van der Waals surface area contributed by atoms with Crippen molar-refractivity contribution >= 4 is 54.5 Å². The van der Waals surface area contributed by atoms with Gasteiger partial charge in [-0.2, -0.15) is 13.4 Å². The van der Waals surface area contributed by atoms with E-state index in [-0.39, 0.29) is 33.7 Å². The highest BCUT2D eigenvalue weighted by molar-refractivity contribution is 7.87. The summed E-state index contributed by atoms with van der Waals surface area (Å²) in [6.07, 6.45) is 6.11. The van der Waals surface area contributed by atoms with Crippen LogP contribution in [0.15, 0.2) is 52.5 Å². The van der Waals surface area contributed by atoms with Crippen molar-refractivity contribution in [1.29, 1.82) is 0 Å². The second kappa shape index (κ2) is 17.7. The van der Waals surface area contributed by atoms with Crippen molar-refractivity contribution in [3.8, 4) is 5.75 Å². The number of isocyanates is 1. The third kappa shape index (κ3) is 12.3. The van der Waals surface area contributed by atoms with Crippen LogP contribution in [0.2, 0.25) is 0 Å². The third-order valence-electron chi connectivity index (χ3n) is 7.35. The normalized spacial score (nSPS) is 12.1. The molecule has 0 aliphatic heterocycles. The summed E-state index contributed by atoms with van der Waals surface area (Å²) in [5.41, 5.74) is 1.18. The van der Waals surface area contributed by atoms with Gasteiger partial charge in [-0.1, -0.05) is 35.7 Å². The molecule has 0 spiro atoms. The monoisotopic (exact) mass is 687 g/mol. The average Bonchev–Trinajstić information content (AvgIpc) is 3.41. The van der Waals surface area contributed by atoms with Gasteiger partial charge in [0.1, 0.15) is 10.6 Å². The van der Waals surface area contributed by atoms with Gasteiger partial charge in [0.15, 0.2) is 0 Å². The Labute approximate surface area is 283 Å². The number of aromatic nitrogens is 1. The number of ether oxygens (including phenoxy) is 1. The first kappa shape index (κ1) is 38.1. The van der Waals surface area contributed by atoms with Gasteiger partial charge in [-0.3, -0.25) is 9.69 Å². The molecule has 0 bridgehead atoms. The van der Waals surface area contributed by atoms with Crippen LogP contribution >= 0.6 is 11.3 Å². The van der Waals surface area contributed by atoms with E-state index in [0.29, 0.717) is 35.3 Å². The summed E-state index contributed by atoms with van der Waals surface area (Å²) < 4.78 is 37.8. The highest BCUT2D eigenvalue weighted by atomic mass is 32.2. The van der Waals surface area contributed by atoms with Crippen LogP contribution in [0.1, 0.15) is 87.0 Å². The molecule has 258 valence electrons. The topological polar surface area (TPSA) is 130 Å². The molecular formula is C34H49N5O6S2. The number of anilines is 2. The van der Waals surface area contributed by atoms with Crippen LogP contribution < -0.4 is 14.5 Å². The van der Waals surface area contributed by atoms with Crippen molar-refractivity contribution in [1.82, 2.24) is 9.88 Å². The van der Waals surface area contributed by atoms with Gasteiger partial charge in [0, 0.05) is 50.0 Å². The molecule has 1 aromatic heterocycles. The fourth-order valence-electron chi connectivity index (χ4n) is 5.03. The van der Waals surface area contributed by atoms with E-state index < -0.39 is 10.1 Å². The summed E-state index contributed by atoms with van der Waals surface area (Å²) >= 11 is 1.10. The molecule has 0 aliphatic rings. The first-order chi connectivity index (χ1) is 22.2. The maximum Gasteiger partial charge on any atom is 0.339 e. The van der Waals surface area contributed by atoms with E-state index in [0.717, 1.165) is 60.8 Å². The van der Waals surface area contributed by atoms with Crippen molar-refractivity contribution in [2.24, 2.45) is 5.10 Å². The summed E-state index contributed by atoms with van der Waals surface area (Å²) in [5, 5.41) is 8.10. The lowest BCUT2D eigenvalue weighted by atomic mass is 10.1. The Kier molecular flexibility index (Phi) is 14.4. The molecule has 0 radical (unpaired) electrons. The van der Waals surface area contributed by atoms with Gasteiger partial charge >= 0.3 is 10.1 Å². The summed E-state index contributed by atoms with van der Waals surface area (Å²) in [6, 6.07) is 11.9. The number of amides is 1. The highest BCUT2D eigenvalue weighted by Crippen LogP contribution is 2.33. The zero-order valence-electron chi connectivity index (χ0n) is 28.6. The molecule has 0 aliphatic carbocycles. The van der Waals surface area contributed by atoms with Crippen molar-refractivity contribution in [3.05, 3.63) is 42.5 Å². The number of fused-ring (bicyclic) bond motifs is 1. The van der Waals surface area contributed by atoms with Crippen LogP contribution in [-0.4, -0.2) is 67.7 Å². The lowest BCUT2D eigenvalue weighted by Gasteiger charge is -2.30. The molecule has 0 fully saturated rings. The maximum absolute atomic E-state index is 13.0. The van der Waals surface area contributed by atoms with E-state index in [4.69, 9.17) is 8.92 Å². The first-order valence-corrected chi connectivity index (χ1v) is 18.4. The van der Waals surface area contributed by atoms with E-state index in [2.05, 4.69) is 48.0 Å². The van der Waals surface area contributed by atoms with Crippen molar-refractivity contribution in [3.63, 3.8) is 0 Å². The molecule has 1 N–H and O–H groups in total. The molecule has 11 nitrogen and oxygen atoms in total. The fourth-order valence-corrected chi connectivity index (χ4v) is 6.92. The summed E-state index contributed by atoms with van der Waals surface area (Å²) in [7, 11) is -4.11. The predicted octanol–water partition coefficient (Wildman–Crippen LogP) is 7.33. The number of benzene rings is 2. The Morgan fingerprint density at radius 2 is 1.66 bits per heavy atom. The van der Waals surface area contributed by atoms with Gasteiger partial charge in [0.05, 0.1) is 15.8 Å².